The summed E-state index contributed by atoms with van der Waals surface area (Å²) in [5.41, 5.74) is -3.65. The number of hydrogen-bond donors (Lipinski definition) is 1. The summed E-state index contributed by atoms with van der Waals surface area (Å²) < 4.78 is 89.7. The zero-order chi connectivity index (χ0) is 19.5. The lowest BCUT2D eigenvalue weighted by Gasteiger charge is -2.29. The lowest BCUT2D eigenvalue weighted by atomic mass is 9.89. The van der Waals surface area contributed by atoms with Gasteiger partial charge in [-0.1, -0.05) is 0 Å². The maximum atomic E-state index is 13.9. The van der Waals surface area contributed by atoms with E-state index in [1.807, 2.05) is 0 Å². The van der Waals surface area contributed by atoms with Crippen LogP contribution in [0.5, 0.6) is 0 Å². The first-order valence-electron chi connectivity index (χ1n) is 7.49. The van der Waals surface area contributed by atoms with Gasteiger partial charge in [0.1, 0.15) is 11.9 Å². The number of aromatic nitrogens is 1. The van der Waals surface area contributed by atoms with Gasteiger partial charge in [0.25, 0.3) is 5.92 Å². The van der Waals surface area contributed by atoms with Gasteiger partial charge in [-0.2, -0.15) is 13.2 Å². The van der Waals surface area contributed by atoms with Crippen LogP contribution in [-0.4, -0.2) is 15.6 Å². The summed E-state index contributed by atoms with van der Waals surface area (Å²) in [6.45, 7) is 6.88. The number of halogens is 6. The van der Waals surface area contributed by atoms with Gasteiger partial charge in [-0.15, -0.1) is 0 Å². The van der Waals surface area contributed by atoms with Crippen LogP contribution in [0, 0.1) is 12.4 Å². The fourth-order valence-electron chi connectivity index (χ4n) is 2.82. The van der Waals surface area contributed by atoms with Gasteiger partial charge >= 0.3 is 6.18 Å². The Morgan fingerprint density at radius 1 is 1.36 bits per heavy atom. The van der Waals surface area contributed by atoms with E-state index >= 15 is 0 Å². The zero-order valence-corrected chi connectivity index (χ0v) is 12.3. The molecular weight excluding hydrogens is 350 g/mol. The van der Waals surface area contributed by atoms with Gasteiger partial charge in [0.2, 0.25) is 5.69 Å². The Hall–Kier alpha value is -2.47. The molecule has 1 atom stereocenters. The average molecular weight is 361 g/mol. The molecule has 0 amide bonds. The first-order chi connectivity index (χ1) is 11.9. The minimum Gasteiger partial charge on any atom is -0.382 e. The summed E-state index contributed by atoms with van der Waals surface area (Å²) in [4.78, 5) is 2.91. The summed E-state index contributed by atoms with van der Waals surface area (Å²) in [7, 11) is 0. The normalized spacial score (nSPS) is 22.9. The van der Waals surface area contributed by atoms with E-state index in [0.717, 1.165) is 22.8 Å². The topological polar surface area (TPSA) is 29.5 Å². The monoisotopic (exact) mass is 361 g/mol. The summed E-state index contributed by atoms with van der Waals surface area (Å²) >= 11 is 0. The zero-order valence-electron chi connectivity index (χ0n) is 13.3. The third-order valence-electron chi connectivity index (χ3n) is 4.00. The predicted octanol–water partition coefficient (Wildman–Crippen LogP) is 4.80. The molecule has 0 spiro atoms. The second-order valence-electron chi connectivity index (χ2n) is 5.53. The van der Waals surface area contributed by atoms with Crippen molar-refractivity contribution in [1.82, 2.24) is 4.57 Å². The van der Waals surface area contributed by atoms with Crippen LogP contribution in [0.2, 0.25) is 0 Å². The Bertz CT molecular complexity index is 926. The van der Waals surface area contributed by atoms with Crippen LogP contribution in [0.3, 0.4) is 0 Å². The molecule has 0 unspecified atom stereocenters. The highest BCUT2D eigenvalue weighted by Crippen LogP contribution is 2.48. The molecule has 0 saturated carbocycles. The van der Waals surface area contributed by atoms with Gasteiger partial charge in [-0.3, -0.25) is 0 Å². The number of alkyl halides is 5. The third kappa shape index (κ3) is 2.76. The lowest BCUT2D eigenvalue weighted by Crippen LogP contribution is -2.33. The van der Waals surface area contributed by atoms with Crippen molar-refractivity contribution in [2.75, 3.05) is 0 Å². The van der Waals surface area contributed by atoms with E-state index < -0.39 is 53.7 Å². The second-order valence-corrected chi connectivity index (χ2v) is 5.53. The molecule has 0 fully saturated rings. The van der Waals surface area contributed by atoms with E-state index in [0.29, 0.717) is 6.20 Å². The molecule has 9 heteroatoms. The molecule has 3 nitrogen and oxygen atoms in total. The second kappa shape index (κ2) is 5.52. The highest BCUT2D eigenvalue weighted by atomic mass is 19.4. The van der Waals surface area contributed by atoms with Crippen molar-refractivity contribution in [3.8, 4) is 5.69 Å². The Morgan fingerprint density at radius 2 is 2.04 bits per heavy atom. The molecule has 25 heavy (non-hydrogen) atoms. The molecule has 1 aliphatic rings. The number of aliphatic hydroxyl groups is 1. The van der Waals surface area contributed by atoms with Gasteiger partial charge in [0, 0.05) is 29.6 Å². The molecule has 1 N–H and O–H groups in total. The third-order valence-corrected chi connectivity index (χ3v) is 4.00. The largest absolute Gasteiger partial charge is 0.418 e. The summed E-state index contributed by atoms with van der Waals surface area (Å²) in [6.07, 6.45) is -9.95. The minimum atomic E-state index is -5.10. The van der Waals surface area contributed by atoms with Crippen molar-refractivity contribution in [3.05, 3.63) is 58.5 Å². The van der Waals surface area contributed by atoms with Crippen molar-refractivity contribution in [2.24, 2.45) is 0 Å². The van der Waals surface area contributed by atoms with Crippen LogP contribution in [0.15, 0.2) is 24.4 Å². The Balaban J connectivity index is 2.32. The standard InChI is InChI=1S/C16H10F6N2O/c1-23-11-6-8(2-3-10(11)17)24-7-9(16(20,21)22)13-12(24)4-5-15(18,19)14(13)25/h2-3,6-7,14,25H,4-5H2/t14-/m0/s1/i14D. The summed E-state index contributed by atoms with van der Waals surface area (Å²) in [5, 5.41) is 9.90. The highest BCUT2D eigenvalue weighted by molar-refractivity contribution is 5.55. The van der Waals surface area contributed by atoms with Gasteiger partial charge in [-0.05, 0) is 24.6 Å². The Morgan fingerprint density at radius 3 is 2.64 bits per heavy atom. The fraction of sp³-hybridized carbons (Fsp3) is 0.312. The van der Waals surface area contributed by atoms with Crippen LogP contribution in [0.4, 0.5) is 32.0 Å². The maximum absolute atomic E-state index is 13.9. The van der Waals surface area contributed by atoms with E-state index in [-0.39, 0.29) is 11.4 Å². The fourth-order valence-corrected chi connectivity index (χ4v) is 2.82. The number of hydrogen-bond acceptors (Lipinski definition) is 1. The van der Waals surface area contributed by atoms with E-state index in [1.54, 1.807) is 0 Å². The molecule has 1 heterocycles. The van der Waals surface area contributed by atoms with Crippen LogP contribution < -0.4 is 0 Å². The van der Waals surface area contributed by atoms with Crippen LogP contribution in [-0.2, 0) is 12.6 Å². The molecule has 0 bridgehead atoms. The molecule has 0 aliphatic heterocycles. The summed E-state index contributed by atoms with van der Waals surface area (Å²) in [6, 6.07) is 2.92. The average Bonchev–Trinajstić information content (AvgIpc) is 2.93. The van der Waals surface area contributed by atoms with Crippen LogP contribution in [0.25, 0.3) is 10.5 Å². The number of rotatable bonds is 1. The van der Waals surface area contributed by atoms with Crippen LogP contribution >= 0.6 is 0 Å². The Labute approximate surface area is 139 Å². The first-order valence-corrected chi connectivity index (χ1v) is 6.99. The quantitative estimate of drug-likeness (QED) is 0.574. The Kier molecular flexibility index (Phi) is 3.54. The van der Waals surface area contributed by atoms with Gasteiger partial charge in [0.05, 0.1) is 13.5 Å². The molecule has 2 aromatic rings. The number of fused-ring (bicyclic) bond motifs is 1. The first kappa shape index (κ1) is 16.0. The maximum Gasteiger partial charge on any atom is 0.418 e. The van der Waals surface area contributed by atoms with E-state index in [2.05, 4.69) is 4.85 Å². The van der Waals surface area contributed by atoms with Gasteiger partial charge < -0.3 is 9.67 Å². The van der Waals surface area contributed by atoms with E-state index in [4.69, 9.17) is 7.94 Å². The van der Waals surface area contributed by atoms with Crippen molar-refractivity contribution >= 4 is 5.69 Å². The van der Waals surface area contributed by atoms with Gasteiger partial charge in [0.15, 0.2) is 0 Å². The molecule has 1 aromatic carbocycles. The van der Waals surface area contributed by atoms with Crippen LogP contribution in [0.1, 0.15) is 30.7 Å². The highest BCUT2D eigenvalue weighted by Gasteiger charge is 2.50. The molecular formula is C16H10F6N2O. The number of nitrogens with zero attached hydrogens (tertiary/aromatic N) is 2. The molecule has 0 radical (unpaired) electrons. The summed E-state index contributed by atoms with van der Waals surface area (Å²) in [5.74, 6) is -4.96. The van der Waals surface area contributed by atoms with Crippen molar-refractivity contribution in [3.63, 3.8) is 0 Å². The molecule has 0 saturated heterocycles. The molecule has 1 aromatic heterocycles. The molecule has 3 rings (SSSR count). The number of benzene rings is 1. The molecule has 1 aliphatic carbocycles. The predicted molar refractivity (Wildman–Crippen MR) is 75.2 cm³/mol. The molecule has 132 valence electrons. The minimum absolute atomic E-state index is 0.0647. The van der Waals surface area contributed by atoms with Crippen molar-refractivity contribution in [1.29, 1.82) is 0 Å². The van der Waals surface area contributed by atoms with Crippen molar-refractivity contribution < 1.29 is 32.8 Å². The SMILES string of the molecule is [2H][C@]1(O)c2c(C(F)(F)F)cn(-c3ccc(F)c([N+]#[C-])c3)c2CCC1(F)F. The van der Waals surface area contributed by atoms with Crippen molar-refractivity contribution in [2.45, 2.75) is 31.0 Å². The lowest BCUT2D eigenvalue weighted by molar-refractivity contribution is -0.147. The smallest absolute Gasteiger partial charge is 0.382 e. The van der Waals surface area contributed by atoms with E-state index in [9.17, 15) is 31.4 Å². The van der Waals surface area contributed by atoms with E-state index in [1.165, 1.54) is 0 Å². The van der Waals surface area contributed by atoms with Gasteiger partial charge in [-0.25, -0.2) is 18.0 Å².